The van der Waals surface area contributed by atoms with Gasteiger partial charge in [0, 0.05) is 0 Å². The van der Waals surface area contributed by atoms with Crippen molar-refractivity contribution in [3.63, 3.8) is 0 Å². The number of hydrogen-bond acceptors (Lipinski definition) is 2. The van der Waals surface area contributed by atoms with E-state index in [1.54, 1.807) is 0 Å². The van der Waals surface area contributed by atoms with E-state index in [1.807, 2.05) is 0 Å². The monoisotopic (exact) mass is 170 g/mol. The van der Waals surface area contributed by atoms with E-state index in [0.717, 1.165) is 25.7 Å². The minimum atomic E-state index is -0.719. The van der Waals surface area contributed by atoms with Gasteiger partial charge in [0.2, 0.25) is 0 Å². The number of aliphatic hydroxyl groups is 1. The summed E-state index contributed by atoms with van der Waals surface area (Å²) in [6, 6.07) is 0. The van der Waals surface area contributed by atoms with Gasteiger partial charge in [0.1, 0.15) is 0 Å². The molecule has 3 saturated carbocycles. The Bertz CT molecular complexity index is 202. The zero-order valence-electron chi connectivity index (χ0n) is 6.94. The van der Waals surface area contributed by atoms with Crippen LogP contribution in [0.2, 0.25) is 0 Å². The lowest BCUT2D eigenvalue weighted by atomic mass is 9.63. The summed E-state index contributed by atoms with van der Waals surface area (Å²) in [5, 5.41) is 18.4. The molecule has 0 saturated heterocycles. The van der Waals surface area contributed by atoms with Crippen molar-refractivity contribution < 1.29 is 15.0 Å². The van der Waals surface area contributed by atoms with Gasteiger partial charge in [-0.3, -0.25) is 4.79 Å². The Hall–Kier alpha value is -0.570. The van der Waals surface area contributed by atoms with Crippen LogP contribution in [0.15, 0.2) is 0 Å². The topological polar surface area (TPSA) is 57.5 Å². The first-order valence-corrected chi connectivity index (χ1v) is 4.59. The number of fused-ring (bicyclic) bond motifs is 3. The van der Waals surface area contributed by atoms with Crippen LogP contribution in [-0.4, -0.2) is 22.3 Å². The van der Waals surface area contributed by atoms with Crippen LogP contribution in [0.1, 0.15) is 25.7 Å². The van der Waals surface area contributed by atoms with Gasteiger partial charge < -0.3 is 10.2 Å². The van der Waals surface area contributed by atoms with Crippen molar-refractivity contribution in [2.24, 2.45) is 17.8 Å². The molecule has 3 heteroatoms. The SMILES string of the molecule is O=C(O)[C@H]1C[C@@H]2CC[C@@H]1[C@@H](O)C2. The molecule has 68 valence electrons. The molecule has 0 aromatic carbocycles. The van der Waals surface area contributed by atoms with Gasteiger partial charge in [0.25, 0.3) is 0 Å². The number of rotatable bonds is 1. The molecular weight excluding hydrogens is 156 g/mol. The van der Waals surface area contributed by atoms with E-state index in [1.165, 1.54) is 0 Å². The van der Waals surface area contributed by atoms with Gasteiger partial charge in [0.15, 0.2) is 0 Å². The van der Waals surface area contributed by atoms with Crippen LogP contribution in [0.25, 0.3) is 0 Å². The predicted molar refractivity (Wildman–Crippen MR) is 42.6 cm³/mol. The molecule has 0 radical (unpaired) electrons. The highest BCUT2D eigenvalue weighted by Crippen LogP contribution is 2.45. The number of carbonyl (C=O) groups is 1. The van der Waals surface area contributed by atoms with E-state index >= 15 is 0 Å². The molecule has 4 atom stereocenters. The van der Waals surface area contributed by atoms with Gasteiger partial charge >= 0.3 is 5.97 Å². The largest absolute Gasteiger partial charge is 0.481 e. The lowest BCUT2D eigenvalue weighted by Gasteiger charge is -2.43. The Balaban J connectivity index is 2.14. The first-order valence-electron chi connectivity index (χ1n) is 4.59. The molecule has 0 aromatic rings. The van der Waals surface area contributed by atoms with Gasteiger partial charge in [-0.25, -0.2) is 0 Å². The summed E-state index contributed by atoms with van der Waals surface area (Å²) >= 11 is 0. The second-order valence-electron chi connectivity index (χ2n) is 4.09. The van der Waals surface area contributed by atoms with Gasteiger partial charge in [-0.2, -0.15) is 0 Å². The number of aliphatic hydroxyl groups excluding tert-OH is 1. The average Bonchev–Trinajstić information content (AvgIpc) is 2.04. The first kappa shape index (κ1) is 8.05. The molecule has 3 aliphatic carbocycles. The number of carboxylic acids is 1. The van der Waals surface area contributed by atoms with Gasteiger partial charge in [-0.1, -0.05) is 0 Å². The van der Waals surface area contributed by atoms with E-state index in [0.29, 0.717) is 5.92 Å². The summed E-state index contributed by atoms with van der Waals surface area (Å²) in [6.45, 7) is 0. The van der Waals surface area contributed by atoms with Crippen molar-refractivity contribution in [3.05, 3.63) is 0 Å². The van der Waals surface area contributed by atoms with E-state index in [4.69, 9.17) is 5.11 Å². The molecule has 0 spiro atoms. The fourth-order valence-corrected chi connectivity index (χ4v) is 2.76. The molecule has 0 unspecified atom stereocenters. The Morgan fingerprint density at radius 1 is 1.25 bits per heavy atom. The number of aliphatic carboxylic acids is 1. The van der Waals surface area contributed by atoms with Gasteiger partial charge in [-0.15, -0.1) is 0 Å². The second kappa shape index (κ2) is 2.73. The molecule has 12 heavy (non-hydrogen) atoms. The molecule has 2 N–H and O–H groups in total. The minimum Gasteiger partial charge on any atom is -0.481 e. The zero-order chi connectivity index (χ0) is 8.72. The maximum absolute atomic E-state index is 10.8. The predicted octanol–water partition coefficient (Wildman–Crippen LogP) is 0.868. The fraction of sp³-hybridized carbons (Fsp3) is 0.889. The Morgan fingerprint density at radius 2 is 2.00 bits per heavy atom. The average molecular weight is 170 g/mol. The smallest absolute Gasteiger partial charge is 0.306 e. The standard InChI is InChI=1S/C9H14O3/c10-8-4-5-1-2-6(8)7(3-5)9(11)12/h5-8,10H,1-4H2,(H,11,12)/t5-,6-,7-,8-/m0/s1. The third kappa shape index (κ3) is 1.12. The summed E-state index contributed by atoms with van der Waals surface area (Å²) in [6.07, 6.45) is 3.29. The summed E-state index contributed by atoms with van der Waals surface area (Å²) in [7, 11) is 0. The molecular formula is C9H14O3. The fourth-order valence-electron chi connectivity index (χ4n) is 2.76. The maximum Gasteiger partial charge on any atom is 0.306 e. The highest BCUT2D eigenvalue weighted by molar-refractivity contribution is 5.70. The van der Waals surface area contributed by atoms with E-state index in [-0.39, 0.29) is 17.9 Å². The molecule has 3 rings (SSSR count). The molecule has 0 amide bonds. The highest BCUT2D eigenvalue weighted by atomic mass is 16.4. The molecule has 3 fully saturated rings. The van der Waals surface area contributed by atoms with Crippen LogP contribution in [0.3, 0.4) is 0 Å². The molecule has 3 nitrogen and oxygen atoms in total. The lowest BCUT2D eigenvalue weighted by Crippen LogP contribution is -2.44. The van der Waals surface area contributed by atoms with Gasteiger partial charge in [-0.05, 0) is 37.5 Å². The van der Waals surface area contributed by atoms with Crippen molar-refractivity contribution in [2.45, 2.75) is 31.8 Å². The van der Waals surface area contributed by atoms with E-state index in [2.05, 4.69) is 0 Å². The van der Waals surface area contributed by atoms with Crippen LogP contribution < -0.4 is 0 Å². The Morgan fingerprint density at radius 3 is 2.42 bits per heavy atom. The van der Waals surface area contributed by atoms with Gasteiger partial charge in [0.05, 0.1) is 12.0 Å². The maximum atomic E-state index is 10.8. The summed E-state index contributed by atoms with van der Waals surface area (Å²) in [4.78, 5) is 10.8. The molecule has 2 bridgehead atoms. The number of hydrogen-bond donors (Lipinski definition) is 2. The van der Waals surface area contributed by atoms with Crippen molar-refractivity contribution in [3.8, 4) is 0 Å². The summed E-state index contributed by atoms with van der Waals surface area (Å²) in [5.74, 6) is -0.491. The first-order chi connectivity index (χ1) is 5.68. The molecule has 0 aromatic heterocycles. The third-order valence-corrected chi connectivity index (χ3v) is 3.40. The van der Waals surface area contributed by atoms with E-state index < -0.39 is 5.97 Å². The Labute approximate surface area is 71.4 Å². The van der Waals surface area contributed by atoms with Crippen molar-refractivity contribution >= 4 is 5.97 Å². The molecule has 0 heterocycles. The molecule has 3 aliphatic rings. The third-order valence-electron chi connectivity index (χ3n) is 3.40. The Kier molecular flexibility index (Phi) is 1.83. The zero-order valence-corrected chi connectivity index (χ0v) is 6.94. The normalized spacial score (nSPS) is 46.1. The van der Waals surface area contributed by atoms with E-state index in [9.17, 15) is 9.90 Å². The second-order valence-corrected chi connectivity index (χ2v) is 4.09. The van der Waals surface area contributed by atoms with Crippen LogP contribution in [-0.2, 0) is 4.79 Å². The van der Waals surface area contributed by atoms with Crippen LogP contribution >= 0.6 is 0 Å². The summed E-state index contributed by atoms with van der Waals surface area (Å²) < 4.78 is 0. The highest BCUT2D eigenvalue weighted by Gasteiger charge is 2.44. The van der Waals surface area contributed by atoms with Crippen molar-refractivity contribution in [2.75, 3.05) is 0 Å². The summed E-state index contributed by atoms with van der Waals surface area (Å²) in [5.41, 5.74) is 0. The lowest BCUT2D eigenvalue weighted by molar-refractivity contribution is -0.152. The van der Waals surface area contributed by atoms with Crippen LogP contribution in [0, 0.1) is 17.8 Å². The molecule has 0 aliphatic heterocycles. The van der Waals surface area contributed by atoms with Crippen LogP contribution in [0.4, 0.5) is 0 Å². The number of carboxylic acid groups (broad SMARTS) is 1. The van der Waals surface area contributed by atoms with Crippen molar-refractivity contribution in [1.29, 1.82) is 0 Å². The quantitative estimate of drug-likeness (QED) is 0.614. The minimum absolute atomic E-state index is 0.0347. The van der Waals surface area contributed by atoms with Crippen molar-refractivity contribution in [1.82, 2.24) is 0 Å². The van der Waals surface area contributed by atoms with Crippen LogP contribution in [0.5, 0.6) is 0 Å².